The second-order valence-electron chi connectivity index (χ2n) is 6.34. The number of nitrogens with zero attached hydrogens (tertiary/aromatic N) is 1. The molecule has 3 unspecified atom stereocenters. The molecule has 1 aromatic heterocycles. The Balaban J connectivity index is 2.04. The molecule has 2 rings (SSSR count). The van der Waals surface area contributed by atoms with Crippen molar-refractivity contribution in [1.29, 1.82) is 0 Å². The smallest absolute Gasteiger partial charge is 0.126 e. The average molecular weight is 275 g/mol. The fourth-order valence-electron chi connectivity index (χ4n) is 3.44. The minimum Gasteiger partial charge on any atom is -0.383 e. The Kier molecular flexibility index (Phi) is 5.84. The molecule has 1 saturated carbocycles. The first-order chi connectivity index (χ1) is 9.70. The van der Waals surface area contributed by atoms with Crippen LogP contribution in [0.2, 0.25) is 0 Å². The van der Waals surface area contributed by atoms with Gasteiger partial charge in [0.1, 0.15) is 5.82 Å². The van der Waals surface area contributed by atoms with E-state index < -0.39 is 0 Å². The third-order valence-corrected chi connectivity index (χ3v) is 4.57. The average Bonchev–Trinajstić information content (AvgIpc) is 2.45. The summed E-state index contributed by atoms with van der Waals surface area (Å²) >= 11 is 0. The Labute approximate surface area is 123 Å². The van der Waals surface area contributed by atoms with Crippen molar-refractivity contribution in [3.05, 3.63) is 23.9 Å². The number of aromatic nitrogens is 1. The van der Waals surface area contributed by atoms with Crippen LogP contribution in [-0.4, -0.2) is 17.6 Å². The molecular formula is C17H29N3. The van der Waals surface area contributed by atoms with Crippen LogP contribution >= 0.6 is 0 Å². The van der Waals surface area contributed by atoms with Gasteiger partial charge in [-0.25, -0.2) is 4.98 Å². The summed E-state index contributed by atoms with van der Waals surface area (Å²) in [5.41, 5.74) is 7.21. The van der Waals surface area contributed by atoms with Crippen LogP contribution < -0.4 is 11.1 Å². The maximum Gasteiger partial charge on any atom is 0.126 e. The lowest BCUT2D eigenvalue weighted by atomic mass is 9.77. The third-order valence-electron chi connectivity index (χ3n) is 4.57. The molecule has 0 saturated heterocycles. The molecule has 1 aromatic rings. The van der Waals surface area contributed by atoms with E-state index in [1.807, 2.05) is 6.07 Å². The highest BCUT2D eigenvalue weighted by Crippen LogP contribution is 2.32. The number of pyridine rings is 1. The SMILES string of the molecule is CCCNC(Cc1cccnc1N)C1CCCC(C)C1. The normalized spacial score (nSPS) is 24.5. The number of anilines is 1. The predicted molar refractivity (Wildman–Crippen MR) is 85.6 cm³/mol. The number of rotatable bonds is 6. The standard InChI is InChI=1S/C17H29N3/c1-3-9-19-16(14-7-4-6-13(2)11-14)12-15-8-5-10-20-17(15)18/h5,8,10,13-14,16,19H,3-4,6-7,9,11-12H2,1-2H3,(H2,18,20). The molecule has 0 aromatic carbocycles. The van der Waals surface area contributed by atoms with Gasteiger partial charge < -0.3 is 11.1 Å². The van der Waals surface area contributed by atoms with E-state index in [1.54, 1.807) is 6.20 Å². The van der Waals surface area contributed by atoms with E-state index in [4.69, 9.17) is 5.73 Å². The third kappa shape index (κ3) is 4.20. The molecule has 1 heterocycles. The van der Waals surface area contributed by atoms with Crippen LogP contribution in [0.3, 0.4) is 0 Å². The maximum absolute atomic E-state index is 6.02. The molecule has 0 spiro atoms. The van der Waals surface area contributed by atoms with Crippen LogP contribution in [0.1, 0.15) is 51.5 Å². The predicted octanol–water partition coefficient (Wildman–Crippen LogP) is 3.40. The Hall–Kier alpha value is -1.09. The van der Waals surface area contributed by atoms with E-state index in [0.29, 0.717) is 11.9 Å². The molecule has 0 amide bonds. The number of nitrogen functional groups attached to an aromatic ring is 1. The maximum atomic E-state index is 6.02. The van der Waals surface area contributed by atoms with Gasteiger partial charge in [-0.15, -0.1) is 0 Å². The molecule has 3 atom stereocenters. The molecule has 20 heavy (non-hydrogen) atoms. The van der Waals surface area contributed by atoms with Gasteiger partial charge in [0.25, 0.3) is 0 Å². The van der Waals surface area contributed by atoms with Crippen molar-refractivity contribution in [3.63, 3.8) is 0 Å². The molecule has 1 aliphatic rings. The summed E-state index contributed by atoms with van der Waals surface area (Å²) in [6.45, 7) is 5.71. The number of hydrogen-bond donors (Lipinski definition) is 2. The number of nitrogens with two attached hydrogens (primary N) is 1. The molecule has 0 radical (unpaired) electrons. The molecule has 3 N–H and O–H groups in total. The summed E-state index contributed by atoms with van der Waals surface area (Å²) in [4.78, 5) is 4.22. The molecule has 112 valence electrons. The van der Waals surface area contributed by atoms with Crippen molar-refractivity contribution in [1.82, 2.24) is 10.3 Å². The molecule has 0 aliphatic heterocycles. The molecule has 3 heteroatoms. The quantitative estimate of drug-likeness (QED) is 0.836. The van der Waals surface area contributed by atoms with Gasteiger partial charge in [0, 0.05) is 12.2 Å². The van der Waals surface area contributed by atoms with Gasteiger partial charge in [-0.05, 0) is 55.7 Å². The second-order valence-corrected chi connectivity index (χ2v) is 6.34. The zero-order valence-corrected chi connectivity index (χ0v) is 12.9. The van der Waals surface area contributed by atoms with Crippen LogP contribution in [0, 0.1) is 11.8 Å². The molecule has 0 bridgehead atoms. The van der Waals surface area contributed by atoms with Crippen LogP contribution in [0.4, 0.5) is 5.82 Å². The Morgan fingerprint density at radius 2 is 2.30 bits per heavy atom. The van der Waals surface area contributed by atoms with E-state index in [2.05, 4.69) is 30.2 Å². The van der Waals surface area contributed by atoms with Gasteiger partial charge in [-0.3, -0.25) is 0 Å². The lowest BCUT2D eigenvalue weighted by Crippen LogP contribution is -2.40. The van der Waals surface area contributed by atoms with Crippen LogP contribution in [0.15, 0.2) is 18.3 Å². The van der Waals surface area contributed by atoms with Crippen LogP contribution in [-0.2, 0) is 6.42 Å². The van der Waals surface area contributed by atoms with Crippen molar-refractivity contribution in [3.8, 4) is 0 Å². The minimum atomic E-state index is 0.546. The van der Waals surface area contributed by atoms with Crippen molar-refractivity contribution < 1.29 is 0 Å². The summed E-state index contributed by atoms with van der Waals surface area (Å²) < 4.78 is 0. The molecular weight excluding hydrogens is 246 g/mol. The summed E-state index contributed by atoms with van der Waals surface area (Å²) in [6.07, 6.45) is 9.44. The second kappa shape index (κ2) is 7.63. The fourth-order valence-corrected chi connectivity index (χ4v) is 3.44. The topological polar surface area (TPSA) is 50.9 Å². The Bertz CT molecular complexity index is 405. The summed E-state index contributed by atoms with van der Waals surface area (Å²) in [6, 6.07) is 4.66. The van der Waals surface area contributed by atoms with Gasteiger partial charge >= 0.3 is 0 Å². The zero-order valence-electron chi connectivity index (χ0n) is 12.9. The number of hydrogen-bond acceptors (Lipinski definition) is 3. The van der Waals surface area contributed by atoms with Gasteiger partial charge in [0.15, 0.2) is 0 Å². The van der Waals surface area contributed by atoms with Crippen molar-refractivity contribution >= 4 is 5.82 Å². The fraction of sp³-hybridized carbons (Fsp3) is 0.706. The summed E-state index contributed by atoms with van der Waals surface area (Å²) in [5, 5.41) is 3.75. The lowest BCUT2D eigenvalue weighted by Gasteiger charge is -2.34. The first-order valence-corrected chi connectivity index (χ1v) is 8.13. The van der Waals surface area contributed by atoms with Gasteiger partial charge in [-0.2, -0.15) is 0 Å². The zero-order chi connectivity index (χ0) is 14.4. The lowest BCUT2D eigenvalue weighted by molar-refractivity contribution is 0.221. The van der Waals surface area contributed by atoms with Gasteiger partial charge in [0.05, 0.1) is 0 Å². The summed E-state index contributed by atoms with van der Waals surface area (Å²) in [7, 11) is 0. The van der Waals surface area contributed by atoms with E-state index in [0.717, 1.165) is 24.8 Å². The van der Waals surface area contributed by atoms with Gasteiger partial charge in [0.2, 0.25) is 0 Å². The summed E-state index contributed by atoms with van der Waals surface area (Å²) in [5.74, 6) is 2.34. The molecule has 1 aliphatic carbocycles. The van der Waals surface area contributed by atoms with Crippen molar-refractivity contribution in [2.75, 3.05) is 12.3 Å². The van der Waals surface area contributed by atoms with Crippen molar-refractivity contribution in [2.45, 2.75) is 58.4 Å². The Morgan fingerprint density at radius 3 is 3.00 bits per heavy atom. The number of nitrogens with one attached hydrogen (secondary N) is 1. The van der Waals surface area contributed by atoms with Gasteiger partial charge in [-0.1, -0.05) is 32.8 Å². The first-order valence-electron chi connectivity index (χ1n) is 8.13. The Morgan fingerprint density at radius 1 is 1.45 bits per heavy atom. The van der Waals surface area contributed by atoms with Crippen LogP contribution in [0.5, 0.6) is 0 Å². The van der Waals surface area contributed by atoms with E-state index in [1.165, 1.54) is 37.7 Å². The molecule has 3 nitrogen and oxygen atoms in total. The highest BCUT2D eigenvalue weighted by atomic mass is 14.9. The first kappa shape index (κ1) is 15.3. The van der Waals surface area contributed by atoms with Crippen LogP contribution in [0.25, 0.3) is 0 Å². The van der Waals surface area contributed by atoms with E-state index in [-0.39, 0.29) is 0 Å². The highest BCUT2D eigenvalue weighted by Gasteiger charge is 2.26. The largest absolute Gasteiger partial charge is 0.383 e. The highest BCUT2D eigenvalue weighted by molar-refractivity contribution is 5.39. The monoisotopic (exact) mass is 275 g/mol. The minimum absolute atomic E-state index is 0.546. The van der Waals surface area contributed by atoms with Crippen molar-refractivity contribution in [2.24, 2.45) is 11.8 Å². The van der Waals surface area contributed by atoms with E-state index in [9.17, 15) is 0 Å². The molecule has 1 fully saturated rings. The van der Waals surface area contributed by atoms with E-state index >= 15 is 0 Å².